The summed E-state index contributed by atoms with van der Waals surface area (Å²) in [5.41, 5.74) is 0. The van der Waals surface area contributed by atoms with Crippen LogP contribution in [0.15, 0.2) is 6.33 Å². The molecule has 1 aromatic rings. The minimum Gasteiger partial charge on any atom is -0.319 e. The van der Waals surface area contributed by atoms with Gasteiger partial charge in [0.15, 0.2) is 0 Å². The van der Waals surface area contributed by atoms with E-state index in [0.717, 1.165) is 5.82 Å². The molecule has 0 aliphatic heterocycles. The molecule has 0 fully saturated rings. The molecular formula is C9H18N4O2S. The van der Waals surface area contributed by atoms with Crippen LogP contribution in [-0.2, 0) is 16.9 Å². The average molecular weight is 246 g/mol. The number of aryl methyl sites for hydroxylation is 1. The molecule has 1 heterocycles. The van der Waals surface area contributed by atoms with Gasteiger partial charge in [-0.3, -0.25) is 0 Å². The standard InChI is InChI=1S/C9H18N4O2S/c1-8(9-12-11-7-13(9)2)10-5-4-6-16(3,14)15/h7-8,10H,4-6H2,1-3H3. The van der Waals surface area contributed by atoms with Gasteiger partial charge in [0.1, 0.15) is 22.0 Å². The summed E-state index contributed by atoms with van der Waals surface area (Å²) < 4.78 is 23.7. The maximum Gasteiger partial charge on any atom is 0.149 e. The van der Waals surface area contributed by atoms with E-state index in [1.54, 1.807) is 6.33 Å². The van der Waals surface area contributed by atoms with Crippen LogP contribution < -0.4 is 5.32 Å². The summed E-state index contributed by atoms with van der Waals surface area (Å²) in [6.45, 7) is 2.63. The molecule has 7 heteroatoms. The van der Waals surface area contributed by atoms with Gasteiger partial charge in [-0.2, -0.15) is 0 Å². The van der Waals surface area contributed by atoms with Crippen molar-refractivity contribution in [1.29, 1.82) is 0 Å². The third kappa shape index (κ3) is 4.28. The van der Waals surface area contributed by atoms with Gasteiger partial charge in [0.05, 0.1) is 11.8 Å². The van der Waals surface area contributed by atoms with Gasteiger partial charge in [-0.05, 0) is 19.9 Å². The van der Waals surface area contributed by atoms with Crippen LogP contribution in [0.2, 0.25) is 0 Å². The second kappa shape index (κ2) is 5.40. The van der Waals surface area contributed by atoms with E-state index in [1.807, 2.05) is 18.5 Å². The molecule has 0 spiro atoms. The Labute approximate surface area is 96.0 Å². The second-order valence-electron chi connectivity index (χ2n) is 3.96. The van der Waals surface area contributed by atoms with E-state index in [0.29, 0.717) is 13.0 Å². The quantitative estimate of drug-likeness (QED) is 0.709. The molecule has 0 aromatic carbocycles. The molecule has 1 rings (SSSR count). The second-order valence-corrected chi connectivity index (χ2v) is 6.22. The lowest BCUT2D eigenvalue weighted by atomic mass is 10.3. The molecule has 0 aliphatic rings. The molecule has 1 aromatic heterocycles. The molecule has 0 amide bonds. The summed E-state index contributed by atoms with van der Waals surface area (Å²) in [4.78, 5) is 0. The van der Waals surface area contributed by atoms with Gasteiger partial charge in [-0.1, -0.05) is 0 Å². The van der Waals surface area contributed by atoms with E-state index in [2.05, 4.69) is 15.5 Å². The molecule has 0 aliphatic carbocycles. The van der Waals surface area contributed by atoms with Gasteiger partial charge < -0.3 is 9.88 Å². The van der Waals surface area contributed by atoms with E-state index in [-0.39, 0.29) is 11.8 Å². The van der Waals surface area contributed by atoms with Crippen molar-refractivity contribution in [2.45, 2.75) is 19.4 Å². The van der Waals surface area contributed by atoms with Crippen LogP contribution in [0.4, 0.5) is 0 Å². The summed E-state index contributed by atoms with van der Waals surface area (Å²) in [6.07, 6.45) is 3.50. The third-order valence-electron chi connectivity index (χ3n) is 2.28. The molecule has 16 heavy (non-hydrogen) atoms. The highest BCUT2D eigenvalue weighted by Crippen LogP contribution is 2.06. The number of rotatable bonds is 6. The Morgan fingerprint density at radius 3 is 2.75 bits per heavy atom. The van der Waals surface area contributed by atoms with Gasteiger partial charge in [0.25, 0.3) is 0 Å². The number of hydrogen-bond acceptors (Lipinski definition) is 5. The lowest BCUT2D eigenvalue weighted by Gasteiger charge is -2.12. The van der Waals surface area contributed by atoms with Crippen molar-refractivity contribution < 1.29 is 8.42 Å². The SMILES string of the molecule is CC(NCCCS(C)(=O)=O)c1nncn1C. The Hall–Kier alpha value is -0.950. The summed E-state index contributed by atoms with van der Waals surface area (Å²) in [5, 5.41) is 11.0. The predicted octanol–water partition coefficient (Wildman–Crippen LogP) is -0.0996. The maximum absolute atomic E-state index is 10.9. The molecule has 0 saturated carbocycles. The van der Waals surface area contributed by atoms with Crippen LogP contribution >= 0.6 is 0 Å². The molecule has 92 valence electrons. The van der Waals surface area contributed by atoms with Crippen molar-refractivity contribution in [2.24, 2.45) is 7.05 Å². The molecule has 6 nitrogen and oxygen atoms in total. The highest BCUT2D eigenvalue weighted by Gasteiger charge is 2.10. The van der Waals surface area contributed by atoms with Gasteiger partial charge in [-0.15, -0.1) is 10.2 Å². The Balaban J connectivity index is 2.32. The van der Waals surface area contributed by atoms with E-state index < -0.39 is 9.84 Å². The summed E-state index contributed by atoms with van der Waals surface area (Å²) in [5.74, 6) is 1.06. The molecule has 0 bridgehead atoms. The van der Waals surface area contributed by atoms with Crippen LogP contribution in [0.1, 0.15) is 25.2 Å². The zero-order chi connectivity index (χ0) is 12.2. The largest absolute Gasteiger partial charge is 0.319 e. The van der Waals surface area contributed by atoms with Crippen LogP contribution in [0.25, 0.3) is 0 Å². The van der Waals surface area contributed by atoms with Crippen LogP contribution in [-0.4, -0.2) is 41.7 Å². The minimum atomic E-state index is -2.86. The van der Waals surface area contributed by atoms with E-state index in [9.17, 15) is 8.42 Å². The van der Waals surface area contributed by atoms with Crippen LogP contribution in [0.5, 0.6) is 0 Å². The highest BCUT2D eigenvalue weighted by atomic mass is 32.2. The van der Waals surface area contributed by atoms with E-state index >= 15 is 0 Å². The number of sulfone groups is 1. The Bertz CT molecular complexity index is 426. The highest BCUT2D eigenvalue weighted by molar-refractivity contribution is 7.90. The first-order valence-electron chi connectivity index (χ1n) is 5.15. The summed E-state index contributed by atoms with van der Waals surface area (Å²) in [7, 11) is -0.978. The molecule has 1 N–H and O–H groups in total. The van der Waals surface area contributed by atoms with Crippen molar-refractivity contribution in [3.8, 4) is 0 Å². The van der Waals surface area contributed by atoms with Gasteiger partial charge in [0, 0.05) is 13.3 Å². The van der Waals surface area contributed by atoms with E-state index in [1.165, 1.54) is 6.26 Å². The normalized spacial score (nSPS) is 13.9. The van der Waals surface area contributed by atoms with Gasteiger partial charge in [0.2, 0.25) is 0 Å². The van der Waals surface area contributed by atoms with Crippen molar-refractivity contribution >= 4 is 9.84 Å². The van der Waals surface area contributed by atoms with Crippen molar-refractivity contribution in [3.63, 3.8) is 0 Å². The lowest BCUT2D eigenvalue weighted by Crippen LogP contribution is -2.24. The van der Waals surface area contributed by atoms with Crippen LogP contribution in [0, 0.1) is 0 Å². The van der Waals surface area contributed by atoms with Crippen molar-refractivity contribution in [3.05, 3.63) is 12.2 Å². The zero-order valence-corrected chi connectivity index (χ0v) is 10.7. The monoisotopic (exact) mass is 246 g/mol. The summed E-state index contributed by atoms with van der Waals surface area (Å²) >= 11 is 0. The number of hydrogen-bond donors (Lipinski definition) is 1. The molecule has 1 atom stereocenters. The fourth-order valence-corrected chi connectivity index (χ4v) is 2.10. The molecular weight excluding hydrogens is 228 g/mol. The van der Waals surface area contributed by atoms with Crippen molar-refractivity contribution in [1.82, 2.24) is 20.1 Å². The fourth-order valence-electron chi connectivity index (χ4n) is 1.43. The first-order chi connectivity index (χ1) is 7.40. The molecule has 1 unspecified atom stereocenters. The maximum atomic E-state index is 10.9. The Kier molecular flexibility index (Phi) is 4.43. The predicted molar refractivity (Wildman–Crippen MR) is 61.7 cm³/mol. The number of nitrogens with one attached hydrogen (secondary N) is 1. The van der Waals surface area contributed by atoms with Crippen molar-refractivity contribution in [2.75, 3.05) is 18.6 Å². The summed E-state index contributed by atoms with van der Waals surface area (Å²) in [6, 6.07) is 0.0760. The number of aromatic nitrogens is 3. The zero-order valence-electron chi connectivity index (χ0n) is 9.84. The molecule has 0 saturated heterocycles. The Morgan fingerprint density at radius 2 is 2.25 bits per heavy atom. The third-order valence-corrected chi connectivity index (χ3v) is 3.31. The van der Waals surface area contributed by atoms with Gasteiger partial charge >= 0.3 is 0 Å². The Morgan fingerprint density at radius 1 is 1.56 bits per heavy atom. The van der Waals surface area contributed by atoms with Gasteiger partial charge in [-0.25, -0.2) is 8.42 Å². The lowest BCUT2D eigenvalue weighted by molar-refractivity contribution is 0.525. The first-order valence-corrected chi connectivity index (χ1v) is 7.21. The topological polar surface area (TPSA) is 76.9 Å². The number of nitrogens with zero attached hydrogens (tertiary/aromatic N) is 3. The van der Waals surface area contributed by atoms with Crippen LogP contribution in [0.3, 0.4) is 0 Å². The first kappa shape index (κ1) is 13.1. The molecule has 0 radical (unpaired) electrons. The minimum absolute atomic E-state index is 0.0760. The van der Waals surface area contributed by atoms with E-state index in [4.69, 9.17) is 0 Å². The fraction of sp³-hybridized carbons (Fsp3) is 0.778. The average Bonchev–Trinajstić information content (AvgIpc) is 2.57. The smallest absolute Gasteiger partial charge is 0.149 e.